The molecule has 0 aliphatic carbocycles. The maximum Gasteiger partial charge on any atom is 0.410 e. The smallest absolute Gasteiger partial charge is 0.410 e. The number of rotatable bonds is 2. The van der Waals surface area contributed by atoms with Gasteiger partial charge in [-0.3, -0.25) is 4.79 Å². The molecule has 2 atom stereocenters. The molecule has 110 valence electrons. The predicted molar refractivity (Wildman–Crippen MR) is 68.8 cm³/mol. The van der Waals surface area contributed by atoms with E-state index in [9.17, 15) is 14.7 Å². The van der Waals surface area contributed by atoms with Crippen LogP contribution in [0.4, 0.5) is 4.79 Å². The van der Waals surface area contributed by atoms with Crippen molar-refractivity contribution < 1.29 is 24.5 Å². The van der Waals surface area contributed by atoms with Gasteiger partial charge in [-0.1, -0.05) is 0 Å². The number of carbonyl (C=O) groups excluding carboxylic acids is 1. The van der Waals surface area contributed by atoms with Crippen LogP contribution in [0.2, 0.25) is 0 Å². The van der Waals surface area contributed by atoms with Gasteiger partial charge >= 0.3 is 12.1 Å². The lowest BCUT2D eigenvalue weighted by molar-refractivity contribution is -0.145. The zero-order valence-electron chi connectivity index (χ0n) is 12.0. The molecule has 6 heteroatoms. The molecule has 1 rings (SSSR count). The van der Waals surface area contributed by atoms with Gasteiger partial charge in [-0.05, 0) is 40.5 Å². The van der Waals surface area contributed by atoms with Crippen molar-refractivity contribution in [1.82, 2.24) is 4.90 Å². The first-order valence-electron chi connectivity index (χ1n) is 6.46. The summed E-state index contributed by atoms with van der Waals surface area (Å²) < 4.78 is 5.29. The zero-order chi connectivity index (χ0) is 14.8. The average Bonchev–Trinajstić information content (AvgIpc) is 2.11. The van der Waals surface area contributed by atoms with Crippen molar-refractivity contribution in [3.05, 3.63) is 0 Å². The minimum atomic E-state index is -1.23. The van der Waals surface area contributed by atoms with Crippen LogP contribution in [0.5, 0.6) is 0 Å². The maximum atomic E-state index is 12.0. The first-order valence-corrected chi connectivity index (χ1v) is 6.46. The molecule has 19 heavy (non-hydrogen) atoms. The molecule has 0 aromatic carbocycles. The van der Waals surface area contributed by atoms with E-state index >= 15 is 0 Å². The Bertz CT molecular complexity index is 363. The van der Waals surface area contributed by atoms with E-state index in [0.29, 0.717) is 6.54 Å². The number of carbonyl (C=O) groups is 2. The van der Waals surface area contributed by atoms with Gasteiger partial charge in [0.05, 0.1) is 12.0 Å². The van der Waals surface area contributed by atoms with Gasteiger partial charge in [0.25, 0.3) is 0 Å². The molecule has 6 nitrogen and oxygen atoms in total. The van der Waals surface area contributed by atoms with Crippen molar-refractivity contribution in [3.8, 4) is 0 Å². The summed E-state index contributed by atoms with van der Waals surface area (Å²) in [4.78, 5) is 24.2. The summed E-state index contributed by atoms with van der Waals surface area (Å²) in [7, 11) is 0. The third kappa shape index (κ3) is 4.70. The van der Waals surface area contributed by atoms with Gasteiger partial charge in [0.15, 0.2) is 0 Å². The number of nitrogens with zero attached hydrogens (tertiary/aromatic N) is 1. The average molecular weight is 273 g/mol. The van der Waals surface area contributed by atoms with Crippen LogP contribution in [0, 0.1) is 0 Å². The Morgan fingerprint density at radius 2 is 2.00 bits per heavy atom. The normalized spacial score (nSPS) is 28.1. The molecule has 1 saturated heterocycles. The number of carboxylic acid groups (broad SMARTS) is 1. The minimum Gasteiger partial charge on any atom is -0.481 e. The number of hydrogen-bond donors (Lipinski definition) is 2. The van der Waals surface area contributed by atoms with E-state index in [4.69, 9.17) is 9.84 Å². The first kappa shape index (κ1) is 15.8. The summed E-state index contributed by atoms with van der Waals surface area (Å²) in [6, 6.07) is -0.243. The third-order valence-corrected chi connectivity index (χ3v) is 3.13. The number of aliphatic carboxylic acids is 1. The Morgan fingerprint density at radius 3 is 2.42 bits per heavy atom. The summed E-state index contributed by atoms with van der Waals surface area (Å²) in [6.45, 7) is 7.47. The van der Waals surface area contributed by atoms with E-state index in [1.165, 1.54) is 0 Å². The monoisotopic (exact) mass is 273 g/mol. The van der Waals surface area contributed by atoms with Crippen LogP contribution in [0.1, 0.15) is 47.0 Å². The molecule has 1 aliphatic heterocycles. The van der Waals surface area contributed by atoms with Crippen molar-refractivity contribution in [3.63, 3.8) is 0 Å². The van der Waals surface area contributed by atoms with Crippen molar-refractivity contribution >= 4 is 12.1 Å². The van der Waals surface area contributed by atoms with Crippen molar-refractivity contribution in [2.45, 2.75) is 64.2 Å². The molecule has 1 amide bonds. The number of amides is 1. The highest BCUT2D eigenvalue weighted by Crippen LogP contribution is 2.30. The summed E-state index contributed by atoms with van der Waals surface area (Å²) in [6.07, 6.45) is -0.210. The van der Waals surface area contributed by atoms with Crippen LogP contribution >= 0.6 is 0 Å². The molecule has 2 unspecified atom stereocenters. The van der Waals surface area contributed by atoms with Crippen molar-refractivity contribution in [2.24, 2.45) is 0 Å². The van der Waals surface area contributed by atoms with Crippen LogP contribution < -0.4 is 0 Å². The lowest BCUT2D eigenvalue weighted by Crippen LogP contribution is -2.53. The molecule has 1 heterocycles. The number of likely N-dealkylation sites (tertiary alicyclic amines) is 1. The first-order chi connectivity index (χ1) is 8.52. The summed E-state index contributed by atoms with van der Waals surface area (Å²) in [5.41, 5.74) is -1.80. The largest absolute Gasteiger partial charge is 0.481 e. The minimum absolute atomic E-state index is 0.243. The van der Waals surface area contributed by atoms with E-state index in [1.54, 1.807) is 32.6 Å². The Hall–Kier alpha value is -1.30. The molecule has 1 fully saturated rings. The van der Waals surface area contributed by atoms with Gasteiger partial charge in [-0.2, -0.15) is 0 Å². The van der Waals surface area contributed by atoms with Crippen LogP contribution in [-0.4, -0.2) is 51.0 Å². The van der Waals surface area contributed by atoms with E-state index < -0.39 is 23.3 Å². The number of hydrogen-bond acceptors (Lipinski definition) is 4. The second-order valence-electron chi connectivity index (χ2n) is 6.27. The highest BCUT2D eigenvalue weighted by atomic mass is 16.6. The molecular weight excluding hydrogens is 250 g/mol. The topological polar surface area (TPSA) is 87.1 Å². The molecule has 0 saturated carbocycles. The molecule has 0 bridgehead atoms. The Kier molecular flexibility index (Phi) is 4.45. The van der Waals surface area contributed by atoms with E-state index in [0.717, 1.165) is 0 Å². The number of aliphatic hydroxyl groups is 1. The Balaban J connectivity index is 2.64. The van der Waals surface area contributed by atoms with Crippen LogP contribution in [-0.2, 0) is 9.53 Å². The van der Waals surface area contributed by atoms with Gasteiger partial charge < -0.3 is 19.8 Å². The van der Waals surface area contributed by atoms with E-state index in [-0.39, 0.29) is 25.3 Å². The number of carboxylic acids is 1. The lowest BCUT2D eigenvalue weighted by atomic mass is 9.84. The Labute approximate surface area is 113 Å². The van der Waals surface area contributed by atoms with Gasteiger partial charge in [0, 0.05) is 12.6 Å². The summed E-state index contributed by atoms with van der Waals surface area (Å²) >= 11 is 0. The molecule has 2 N–H and O–H groups in total. The second kappa shape index (κ2) is 5.36. The summed E-state index contributed by atoms with van der Waals surface area (Å²) in [5, 5.41) is 19.0. The van der Waals surface area contributed by atoms with Crippen molar-refractivity contribution in [2.75, 3.05) is 6.54 Å². The van der Waals surface area contributed by atoms with Gasteiger partial charge in [-0.25, -0.2) is 4.79 Å². The zero-order valence-corrected chi connectivity index (χ0v) is 12.0. The highest BCUT2D eigenvalue weighted by molar-refractivity contribution is 5.70. The van der Waals surface area contributed by atoms with E-state index in [2.05, 4.69) is 0 Å². The van der Waals surface area contributed by atoms with Crippen molar-refractivity contribution in [1.29, 1.82) is 0 Å². The number of piperidine rings is 1. The molecule has 0 aromatic heterocycles. The molecule has 0 aromatic rings. The molecule has 0 spiro atoms. The SMILES string of the molecule is CC1CC(O)(CC(=O)O)CCN1C(=O)OC(C)(C)C. The fraction of sp³-hybridized carbons (Fsp3) is 0.846. The third-order valence-electron chi connectivity index (χ3n) is 3.13. The lowest BCUT2D eigenvalue weighted by Gasteiger charge is -2.42. The second-order valence-corrected chi connectivity index (χ2v) is 6.27. The predicted octanol–water partition coefficient (Wildman–Crippen LogP) is 1.61. The fourth-order valence-electron chi connectivity index (χ4n) is 2.34. The standard InChI is InChI=1S/C13H23NO5/c1-9-7-13(18,8-10(15)16)5-6-14(9)11(17)19-12(2,3)4/h9,18H,5-8H2,1-4H3,(H,15,16). The van der Waals surface area contributed by atoms with Crippen LogP contribution in [0.3, 0.4) is 0 Å². The van der Waals surface area contributed by atoms with Gasteiger partial charge in [0.1, 0.15) is 5.60 Å². The van der Waals surface area contributed by atoms with Gasteiger partial charge in [-0.15, -0.1) is 0 Å². The molecule has 0 radical (unpaired) electrons. The number of ether oxygens (including phenoxy) is 1. The highest BCUT2D eigenvalue weighted by Gasteiger charge is 2.40. The van der Waals surface area contributed by atoms with Crippen LogP contribution in [0.15, 0.2) is 0 Å². The fourth-order valence-corrected chi connectivity index (χ4v) is 2.34. The van der Waals surface area contributed by atoms with Gasteiger partial charge in [0.2, 0.25) is 0 Å². The molecule has 1 aliphatic rings. The van der Waals surface area contributed by atoms with E-state index in [1.807, 2.05) is 0 Å². The van der Waals surface area contributed by atoms with Crippen LogP contribution in [0.25, 0.3) is 0 Å². The quantitative estimate of drug-likeness (QED) is 0.798. The maximum absolute atomic E-state index is 12.0. The molecular formula is C13H23NO5. The summed E-state index contributed by atoms with van der Waals surface area (Å²) in [5.74, 6) is -1.03. The Morgan fingerprint density at radius 1 is 1.42 bits per heavy atom.